The molecule has 58 valence electrons. The van der Waals surface area contributed by atoms with Crippen molar-refractivity contribution in [2.45, 2.75) is 6.92 Å². The zero-order valence-electron chi connectivity index (χ0n) is 6.30. The highest BCUT2D eigenvalue weighted by Crippen LogP contribution is 1.69. The number of hydrogen-bond acceptors (Lipinski definition) is 2. The number of carbonyl (C=O) groups is 1. The monoisotopic (exact) mass is 137 g/mol. The van der Waals surface area contributed by atoms with Crippen LogP contribution in [0.5, 0.6) is 0 Å². The fourth-order valence-electron chi connectivity index (χ4n) is 0. The third-order valence-corrected chi connectivity index (χ3v) is 0.630. The van der Waals surface area contributed by atoms with Gasteiger partial charge in [-0.1, -0.05) is 0 Å². The van der Waals surface area contributed by atoms with E-state index in [0.717, 1.165) is 7.11 Å². The van der Waals surface area contributed by atoms with E-state index in [1.807, 2.05) is 0 Å². The van der Waals surface area contributed by atoms with Crippen LogP contribution in [0.15, 0.2) is 0 Å². The topological polar surface area (TPSA) is 72.0 Å². The van der Waals surface area contributed by atoms with Crippen molar-refractivity contribution in [3.05, 3.63) is 0 Å². The van der Waals surface area contributed by atoms with Crippen LogP contribution in [0, 0.1) is 0 Å². The van der Waals surface area contributed by atoms with E-state index in [9.17, 15) is 4.79 Å². The number of amides is 1. The summed E-state index contributed by atoms with van der Waals surface area (Å²) < 4.78 is 0. The summed E-state index contributed by atoms with van der Waals surface area (Å²) >= 11 is 0. The van der Waals surface area contributed by atoms with Crippen molar-refractivity contribution in [2.75, 3.05) is 21.2 Å². The minimum atomic E-state index is 0. The lowest BCUT2D eigenvalue weighted by atomic mass is 10.7. The van der Waals surface area contributed by atoms with E-state index in [-0.39, 0.29) is 11.4 Å². The first-order valence-corrected chi connectivity index (χ1v) is 2.27. The average Bonchev–Trinajstić information content (AvgIpc) is 1.72. The van der Waals surface area contributed by atoms with Gasteiger partial charge in [0, 0.05) is 28.1 Å². The molecule has 0 saturated heterocycles. The first-order chi connectivity index (χ1) is 3.64. The van der Waals surface area contributed by atoms with Crippen LogP contribution in [0.3, 0.4) is 0 Å². The van der Waals surface area contributed by atoms with E-state index < -0.39 is 0 Å². The van der Waals surface area contributed by atoms with Gasteiger partial charge in [0.05, 0.1) is 0 Å². The van der Waals surface area contributed by atoms with Crippen molar-refractivity contribution in [1.29, 1.82) is 0 Å². The molecule has 0 aliphatic rings. The predicted molar refractivity (Wildman–Crippen MR) is 36.1 cm³/mol. The Labute approximate surface area is 55.4 Å². The molecule has 1 amide bonds. The maximum Gasteiger partial charge on any atom is 0.218 e. The van der Waals surface area contributed by atoms with E-state index in [1.165, 1.54) is 11.8 Å². The summed E-state index contributed by atoms with van der Waals surface area (Å²) in [4.78, 5) is 11.6. The Morgan fingerprint density at radius 3 is 1.44 bits per heavy atom. The molecule has 0 saturated carbocycles. The first-order valence-electron chi connectivity index (χ1n) is 2.27. The second-order valence-electron chi connectivity index (χ2n) is 1.41. The van der Waals surface area contributed by atoms with E-state index in [4.69, 9.17) is 5.11 Å². The number of carbonyl (C=O) groups excluding carboxylic acids is 1. The Morgan fingerprint density at radius 1 is 1.33 bits per heavy atom. The van der Waals surface area contributed by atoms with Crippen molar-refractivity contribution in [3.63, 3.8) is 0 Å². The molecule has 0 bridgehead atoms. The fourth-order valence-corrected chi connectivity index (χ4v) is 0. The van der Waals surface area contributed by atoms with Gasteiger partial charge < -0.3 is 15.5 Å². The smallest absolute Gasteiger partial charge is 0.218 e. The van der Waals surface area contributed by atoms with Gasteiger partial charge in [-0.2, -0.15) is 0 Å². The van der Waals surface area contributed by atoms with Crippen molar-refractivity contribution in [3.8, 4) is 0 Å². The van der Waals surface area contributed by atoms with E-state index in [0.29, 0.717) is 0 Å². The zero-order chi connectivity index (χ0) is 7.15. The number of rotatable bonds is 0. The minimum Gasteiger partial charge on any atom is -0.412 e. The lowest BCUT2D eigenvalue weighted by molar-refractivity contribution is -0.126. The number of aliphatic hydroxyl groups excluding tert-OH is 1. The molecule has 0 aromatic carbocycles. The maximum atomic E-state index is 10.1. The van der Waals surface area contributed by atoms with Gasteiger partial charge in [0.2, 0.25) is 5.91 Å². The molecule has 0 radical (unpaired) electrons. The lowest BCUT2D eigenvalue weighted by Crippen LogP contribution is -2.17. The normalized spacial score (nSPS) is 5.89. The van der Waals surface area contributed by atoms with Crippen molar-refractivity contribution in [1.82, 2.24) is 4.90 Å². The SMILES string of the molecule is CC(=O)N(C)C.CO.O. The molecule has 0 fully saturated rings. The molecule has 0 rings (SSSR count). The van der Waals surface area contributed by atoms with E-state index >= 15 is 0 Å². The van der Waals surface area contributed by atoms with Gasteiger partial charge in [-0.3, -0.25) is 4.79 Å². The molecule has 0 aliphatic carbocycles. The van der Waals surface area contributed by atoms with E-state index in [2.05, 4.69) is 0 Å². The van der Waals surface area contributed by atoms with Gasteiger partial charge in [0.15, 0.2) is 0 Å². The Bertz CT molecular complexity index is 63.2. The highest BCUT2D eigenvalue weighted by molar-refractivity contribution is 5.72. The molecular formula is C5H15NO3. The molecule has 0 unspecified atom stereocenters. The minimum absolute atomic E-state index is 0. The Kier molecular flexibility index (Phi) is 18.2. The van der Waals surface area contributed by atoms with Crippen LogP contribution < -0.4 is 0 Å². The van der Waals surface area contributed by atoms with Gasteiger partial charge in [-0.25, -0.2) is 0 Å². The molecule has 3 N–H and O–H groups in total. The zero-order valence-corrected chi connectivity index (χ0v) is 6.30. The molecule has 0 aromatic heterocycles. The largest absolute Gasteiger partial charge is 0.412 e. The first kappa shape index (κ1) is 15.8. The standard InChI is InChI=1S/C4H9NO.CH4O.H2O/c1-4(6)5(2)3;1-2;/h1-3H3;2H,1H3;1H2. The molecule has 0 heterocycles. The second kappa shape index (κ2) is 10.4. The van der Waals surface area contributed by atoms with Gasteiger partial charge in [-0.05, 0) is 0 Å². The molecule has 4 nitrogen and oxygen atoms in total. The quantitative estimate of drug-likeness (QED) is 0.459. The van der Waals surface area contributed by atoms with Gasteiger partial charge in [-0.15, -0.1) is 0 Å². The third kappa shape index (κ3) is 18.7. The summed E-state index contributed by atoms with van der Waals surface area (Å²) in [5.41, 5.74) is 0. The van der Waals surface area contributed by atoms with Crippen LogP contribution in [0.1, 0.15) is 6.92 Å². The molecule has 0 atom stereocenters. The highest BCUT2D eigenvalue weighted by Gasteiger charge is 1.87. The summed E-state index contributed by atoms with van der Waals surface area (Å²) in [7, 11) is 4.45. The summed E-state index contributed by atoms with van der Waals surface area (Å²) in [6, 6.07) is 0. The van der Waals surface area contributed by atoms with E-state index in [1.54, 1.807) is 14.1 Å². The Balaban J connectivity index is -0.000000109. The summed E-state index contributed by atoms with van der Waals surface area (Å²) in [5, 5.41) is 7.00. The van der Waals surface area contributed by atoms with Crippen LogP contribution in [0.2, 0.25) is 0 Å². The van der Waals surface area contributed by atoms with Crippen LogP contribution in [0.25, 0.3) is 0 Å². The third-order valence-electron chi connectivity index (χ3n) is 0.630. The van der Waals surface area contributed by atoms with Crippen LogP contribution in [-0.2, 0) is 4.79 Å². The van der Waals surface area contributed by atoms with Crippen molar-refractivity contribution < 1.29 is 15.4 Å². The summed E-state index contributed by atoms with van der Waals surface area (Å²) in [6.45, 7) is 1.53. The number of aliphatic hydroxyl groups is 1. The average molecular weight is 137 g/mol. The van der Waals surface area contributed by atoms with Crippen LogP contribution in [0.4, 0.5) is 0 Å². The molecule has 0 aliphatic heterocycles. The molecule has 4 heteroatoms. The second-order valence-corrected chi connectivity index (χ2v) is 1.41. The Morgan fingerprint density at radius 2 is 1.44 bits per heavy atom. The lowest BCUT2D eigenvalue weighted by Gasteiger charge is -2.02. The fraction of sp³-hybridized carbons (Fsp3) is 0.800. The summed E-state index contributed by atoms with van der Waals surface area (Å²) in [5.74, 6) is 0.0926. The van der Waals surface area contributed by atoms with Gasteiger partial charge >= 0.3 is 0 Å². The van der Waals surface area contributed by atoms with Crippen LogP contribution in [-0.4, -0.2) is 42.6 Å². The number of hydrogen-bond donors (Lipinski definition) is 1. The van der Waals surface area contributed by atoms with Gasteiger partial charge in [0.25, 0.3) is 0 Å². The highest BCUT2D eigenvalue weighted by atomic mass is 16.2. The molecular weight excluding hydrogens is 122 g/mol. The Hall–Kier alpha value is -0.610. The molecule has 0 aromatic rings. The molecule has 9 heavy (non-hydrogen) atoms. The maximum absolute atomic E-state index is 10.1. The molecule has 0 spiro atoms. The number of nitrogens with zero attached hydrogens (tertiary/aromatic N) is 1. The van der Waals surface area contributed by atoms with Crippen molar-refractivity contribution in [2.24, 2.45) is 0 Å². The summed E-state index contributed by atoms with van der Waals surface area (Å²) in [6.07, 6.45) is 0. The predicted octanol–water partition coefficient (Wildman–Crippen LogP) is -1.12. The van der Waals surface area contributed by atoms with Crippen LogP contribution >= 0.6 is 0 Å². The van der Waals surface area contributed by atoms with Gasteiger partial charge in [0.1, 0.15) is 0 Å². The van der Waals surface area contributed by atoms with Crippen molar-refractivity contribution >= 4 is 5.91 Å².